The van der Waals surface area contributed by atoms with Crippen LogP contribution in [0.2, 0.25) is 16.5 Å². The van der Waals surface area contributed by atoms with E-state index < -0.39 is 17.4 Å². The molecule has 0 aliphatic heterocycles. The molecule has 0 aromatic rings. The summed E-state index contributed by atoms with van der Waals surface area (Å²) in [4.78, 5) is 0. The summed E-state index contributed by atoms with van der Waals surface area (Å²) in [5, 5.41) is 0. The van der Waals surface area contributed by atoms with Gasteiger partial charge in [0, 0.05) is 0 Å². The number of fused-ring (bicyclic) bond motifs is 2. The van der Waals surface area contributed by atoms with Crippen LogP contribution in [-0.2, 0) is 17.4 Å². The molecule has 4 aliphatic rings. The summed E-state index contributed by atoms with van der Waals surface area (Å²) in [7, 11) is 0. The summed E-state index contributed by atoms with van der Waals surface area (Å²) >= 11 is -3.12. The van der Waals surface area contributed by atoms with Crippen LogP contribution in [0, 0.1) is 35.5 Å². The van der Waals surface area contributed by atoms with Crippen molar-refractivity contribution in [2.24, 2.45) is 35.5 Å². The van der Waals surface area contributed by atoms with Crippen LogP contribution in [0.1, 0.15) is 53.4 Å². The molecule has 0 spiro atoms. The monoisotopic (exact) mass is 544 g/mol. The third-order valence-corrected chi connectivity index (χ3v) is 28.1. The van der Waals surface area contributed by atoms with Gasteiger partial charge in [-0.05, 0) is 0 Å². The summed E-state index contributed by atoms with van der Waals surface area (Å²) in [5.41, 5.74) is 3.76. The van der Waals surface area contributed by atoms with Crippen molar-refractivity contribution in [2.45, 2.75) is 69.9 Å². The molecule has 0 bridgehead atoms. The smallest absolute Gasteiger partial charge is 0.147 e. The maximum atomic E-state index is 2.88. The molecule has 0 amide bonds. The van der Waals surface area contributed by atoms with Crippen LogP contribution in [0.5, 0.6) is 0 Å². The second kappa shape index (κ2) is 9.48. The molecular weight excluding hydrogens is 503 g/mol. The quantitative estimate of drug-likeness (QED) is 0.313. The fourth-order valence-electron chi connectivity index (χ4n) is 8.00. The Bertz CT molecular complexity index is 764. The molecule has 0 aromatic carbocycles. The van der Waals surface area contributed by atoms with Gasteiger partial charge in [-0.2, -0.15) is 0 Å². The SMILES string of the molecule is CC(C)C1CC2CC=CC=C2[CH]1[Zr]([CH3])([CH3])(=[SiH2])[CH]1C2=CC=CCC2CC1C(C)C.Cl.Cl. The van der Waals surface area contributed by atoms with E-state index in [4.69, 9.17) is 0 Å². The molecule has 0 radical (unpaired) electrons. The van der Waals surface area contributed by atoms with Gasteiger partial charge in [-0.1, -0.05) is 0 Å². The molecule has 6 unspecified atom stereocenters. The number of hydrogen-bond donors (Lipinski definition) is 0. The first-order valence-electron chi connectivity index (χ1n) is 11.9. The largest absolute Gasteiger partial charge is 0.147 e. The van der Waals surface area contributed by atoms with E-state index in [-0.39, 0.29) is 24.8 Å². The summed E-state index contributed by atoms with van der Waals surface area (Å²) in [6, 6.07) is 0. The predicted octanol–water partition coefficient (Wildman–Crippen LogP) is 8.10. The van der Waals surface area contributed by atoms with E-state index in [0.717, 1.165) is 42.8 Å². The van der Waals surface area contributed by atoms with Gasteiger partial charge in [0.05, 0.1) is 0 Å². The number of halogens is 2. The molecule has 4 heteroatoms. The molecule has 0 heterocycles. The number of rotatable bonds is 4. The molecule has 4 rings (SSSR count). The van der Waals surface area contributed by atoms with Crippen molar-refractivity contribution >= 4 is 31.7 Å². The maximum Gasteiger partial charge on any atom is -0.147 e. The first kappa shape index (κ1) is 26.9. The van der Waals surface area contributed by atoms with Crippen molar-refractivity contribution in [2.75, 3.05) is 0 Å². The van der Waals surface area contributed by atoms with E-state index in [1.54, 1.807) is 0 Å². The molecule has 4 aliphatic carbocycles. The van der Waals surface area contributed by atoms with Crippen LogP contribution in [-0.4, -0.2) is 6.88 Å². The van der Waals surface area contributed by atoms with Gasteiger partial charge in [-0.15, -0.1) is 24.8 Å². The molecule has 0 N–H and O–H groups in total. The van der Waals surface area contributed by atoms with Gasteiger partial charge in [0.15, 0.2) is 0 Å². The molecule has 2 fully saturated rings. The molecule has 6 atom stereocenters. The Kier molecular flexibility index (Phi) is 8.50. The van der Waals surface area contributed by atoms with E-state index in [1.807, 2.05) is 11.1 Å². The third-order valence-electron chi connectivity index (χ3n) is 9.08. The van der Waals surface area contributed by atoms with Gasteiger partial charge >= 0.3 is 177 Å². The fourth-order valence-corrected chi connectivity index (χ4v) is 31.8. The Morgan fingerprint density at radius 2 is 1.13 bits per heavy atom. The van der Waals surface area contributed by atoms with Crippen molar-refractivity contribution in [1.29, 1.82) is 0 Å². The van der Waals surface area contributed by atoms with Crippen molar-refractivity contribution in [3.05, 3.63) is 47.6 Å². The molecule has 0 nitrogen and oxygen atoms in total. The van der Waals surface area contributed by atoms with Gasteiger partial charge in [0.25, 0.3) is 0 Å². The fraction of sp³-hybridized carbons (Fsp3) is 0.692. The number of hydrogen-bond acceptors (Lipinski definition) is 0. The Morgan fingerprint density at radius 3 is 1.47 bits per heavy atom. The summed E-state index contributed by atoms with van der Waals surface area (Å²) in [5.74, 6) is 5.11. The van der Waals surface area contributed by atoms with Crippen LogP contribution in [0.25, 0.3) is 0 Å². The van der Waals surface area contributed by atoms with Crippen molar-refractivity contribution in [3.63, 3.8) is 0 Å². The first-order chi connectivity index (χ1) is 13.1. The normalized spacial score (nSPS) is 35.4. The zero-order valence-electron chi connectivity index (χ0n) is 19.9. The summed E-state index contributed by atoms with van der Waals surface area (Å²) in [6.45, 7) is 12.6. The zero-order valence-corrected chi connectivity index (χ0v) is 25.4. The molecule has 30 heavy (non-hydrogen) atoms. The van der Waals surface area contributed by atoms with Crippen LogP contribution in [0.4, 0.5) is 0 Å². The minimum atomic E-state index is -3.12. The average Bonchev–Trinajstić information content (AvgIpc) is 3.21. The van der Waals surface area contributed by atoms with Gasteiger partial charge in [-0.25, -0.2) is 0 Å². The topological polar surface area (TPSA) is 0 Å². The van der Waals surface area contributed by atoms with Gasteiger partial charge in [-0.3, -0.25) is 0 Å². The van der Waals surface area contributed by atoms with Crippen LogP contribution >= 0.6 is 24.8 Å². The molecule has 2 saturated carbocycles. The molecule has 0 saturated heterocycles. The number of allylic oxidation sites excluding steroid dienone is 8. The van der Waals surface area contributed by atoms with E-state index in [2.05, 4.69) is 80.3 Å². The predicted molar refractivity (Wildman–Crippen MR) is 139 cm³/mol. The zero-order chi connectivity index (χ0) is 20.3. The van der Waals surface area contributed by atoms with Crippen molar-refractivity contribution in [3.8, 4) is 0 Å². The Balaban J connectivity index is 0.00000160. The molecular formula is C26H44Cl2SiZr. The standard InChI is InChI=1S/2C12H17.2CH3.2ClH.H2Si.Zr/c2*1-9(2)12-7-10-5-3-4-6-11(10)8-12;;;;;;/h2*3-5,7,9,11-12H,6,8H2,1-2H3;2*1H3;2*1H;1H2;. The summed E-state index contributed by atoms with van der Waals surface area (Å²) < 4.78 is 7.57. The average molecular weight is 547 g/mol. The van der Waals surface area contributed by atoms with Crippen molar-refractivity contribution in [1.82, 2.24) is 0 Å². The van der Waals surface area contributed by atoms with Crippen LogP contribution in [0.3, 0.4) is 0 Å². The van der Waals surface area contributed by atoms with Crippen LogP contribution in [0.15, 0.2) is 47.6 Å². The van der Waals surface area contributed by atoms with Gasteiger partial charge in [0.1, 0.15) is 0 Å². The van der Waals surface area contributed by atoms with E-state index >= 15 is 0 Å². The second-order valence-corrected chi connectivity index (χ2v) is 42.9. The first-order valence-corrected chi connectivity index (χ1v) is 25.6. The Morgan fingerprint density at radius 1 is 0.767 bits per heavy atom. The minimum Gasteiger partial charge on any atom is -0.147 e. The van der Waals surface area contributed by atoms with E-state index in [0.29, 0.717) is 0 Å². The minimum absolute atomic E-state index is 0. The van der Waals surface area contributed by atoms with Gasteiger partial charge < -0.3 is 0 Å². The second-order valence-electron chi connectivity index (χ2n) is 12.2. The van der Waals surface area contributed by atoms with Crippen molar-refractivity contribution < 1.29 is 17.4 Å². The Labute approximate surface area is 200 Å². The van der Waals surface area contributed by atoms with E-state index in [9.17, 15) is 0 Å². The molecule has 170 valence electrons. The van der Waals surface area contributed by atoms with E-state index in [1.165, 1.54) is 25.7 Å². The third kappa shape index (κ3) is 4.38. The molecule has 0 aromatic heterocycles. The van der Waals surface area contributed by atoms with Crippen LogP contribution < -0.4 is 0 Å². The van der Waals surface area contributed by atoms with Gasteiger partial charge in [0.2, 0.25) is 0 Å². The Hall–Kier alpha value is 0.640. The maximum absolute atomic E-state index is 3.12. The summed E-state index contributed by atoms with van der Waals surface area (Å²) in [6.07, 6.45) is 20.3.